The van der Waals surface area contributed by atoms with Crippen molar-refractivity contribution in [2.45, 2.75) is 0 Å². The van der Waals surface area contributed by atoms with Gasteiger partial charge in [0.1, 0.15) is 85.4 Å². The van der Waals surface area contributed by atoms with Gasteiger partial charge in [0.2, 0.25) is 34.7 Å². The molecule has 15 rings (SSSR count). The zero-order valence-electron chi connectivity index (χ0n) is 59.7. The second kappa shape index (κ2) is 45.4. The zero-order valence-corrected chi connectivity index (χ0v) is 63.5. The average molecular weight is 1600 g/mol. The molecular formula is C90H78FeO18P3. The van der Waals surface area contributed by atoms with E-state index in [1.54, 1.807) is 0 Å². The fraction of sp³-hybridized carbons (Fsp3) is 0. The quantitative estimate of drug-likeness (QED) is 0.0711. The van der Waals surface area contributed by atoms with Gasteiger partial charge in [0.05, 0.1) is 0 Å². The maximum absolute atomic E-state index is 10.3. The van der Waals surface area contributed by atoms with Gasteiger partial charge >= 0.3 is 17.1 Å². The van der Waals surface area contributed by atoms with Crippen molar-refractivity contribution in [2.75, 3.05) is 0 Å². The van der Waals surface area contributed by atoms with Crippen LogP contribution >= 0.6 is 21.8 Å². The minimum absolute atomic E-state index is 0. The van der Waals surface area contributed by atoms with Gasteiger partial charge in [0.15, 0.2) is 0 Å². The van der Waals surface area contributed by atoms with Crippen LogP contribution in [-0.4, -0.2) is 67.6 Å². The van der Waals surface area contributed by atoms with E-state index in [-0.39, 0.29) is 49.9 Å². The smallest absolute Gasteiger partial charge is 0.873 e. The van der Waals surface area contributed by atoms with Crippen LogP contribution in [0.1, 0.15) is 0 Å². The Morgan fingerprint density at radius 3 is 0.286 bits per heavy atom. The summed E-state index contributed by atoms with van der Waals surface area (Å²) < 4.78 is 0. The summed E-state index contributed by atoms with van der Waals surface area (Å²) in [6.45, 7) is 0. The van der Waals surface area contributed by atoms with E-state index >= 15 is 0 Å². The maximum atomic E-state index is 10.3. The molecule has 12 N–H and O–H groups in total. The van der Waals surface area contributed by atoms with Gasteiger partial charge in [-0.15, -0.1) is 34.6 Å². The van der Waals surface area contributed by atoms with Crippen molar-refractivity contribution in [3.63, 3.8) is 0 Å². The Hall–Kier alpha value is -12.5. The molecule has 0 bridgehead atoms. The third-order valence-corrected chi connectivity index (χ3v) is 29.6. The van der Waals surface area contributed by atoms with Gasteiger partial charge in [0, 0.05) is 0 Å². The number of hydrogen-bond donors (Lipinski definition) is 0. The van der Waals surface area contributed by atoms with E-state index in [1.807, 2.05) is 0 Å². The zero-order chi connectivity index (χ0) is 74.0. The van der Waals surface area contributed by atoms with Crippen LogP contribution < -0.4 is 94.3 Å². The summed E-state index contributed by atoms with van der Waals surface area (Å²) in [4.78, 5) is 62.0. The standard InChI is InChI=1S/3C24H20P.3C6H4O4.Fe.6H2O/c3*1-5-13-21(14-6-1)25(22-15-7-2-8-16-22,23-17-9-3-10-18-23)24-19-11-4-12-20-24;3*7-3-1-4(8)6(10)2-5(3)9;;;;;;;/h3*1-20H;3*1-2,7,9H;;6*1H2/q3*+1;;;;+3;;;;;;/p-6. The third kappa shape index (κ3) is 21.9. The van der Waals surface area contributed by atoms with E-state index in [4.69, 9.17) is 0 Å². The fourth-order valence-corrected chi connectivity index (χ4v) is 24.9. The first-order valence-corrected chi connectivity index (χ1v) is 38.4. The van der Waals surface area contributed by atoms with Crippen LogP contribution in [0.5, 0.6) is 0 Å². The van der Waals surface area contributed by atoms with Gasteiger partial charge in [-0.1, -0.05) is 218 Å². The SMILES string of the molecule is O.O.O.O.O.O.O=C1C=C([O-])C([O-])=CC1=O.O=C1C=C([O-])C([O-])=CC1=O.O=C1C=C([O-])C([O-])=CC1=O.[Fe+3].c1ccc([P+](c2ccccc2)(c2ccccc2)c2ccccc2)cc1.c1ccc([P+](c2ccccc2)(c2ccccc2)c2ccccc2)cc1.c1ccc([P+](c2ccccc2)(c2ccccc2)c2ccccc2)cc1. The van der Waals surface area contributed by atoms with Crippen LogP contribution in [0.2, 0.25) is 0 Å². The molecular weight excluding hydrogens is 1520 g/mol. The fourth-order valence-electron chi connectivity index (χ4n) is 12.1. The van der Waals surface area contributed by atoms with Gasteiger partial charge in [0.25, 0.3) is 0 Å². The predicted octanol–water partition coefficient (Wildman–Crippen LogP) is 0.847. The average Bonchev–Trinajstić information content (AvgIpc) is 0.751. The van der Waals surface area contributed by atoms with Crippen LogP contribution in [-0.2, 0) is 45.8 Å². The van der Waals surface area contributed by atoms with Crippen molar-refractivity contribution < 1.29 is 109 Å². The predicted molar refractivity (Wildman–Crippen MR) is 434 cm³/mol. The summed E-state index contributed by atoms with van der Waals surface area (Å²) >= 11 is 0. The molecule has 569 valence electrons. The minimum atomic E-state index is -1.91. The Morgan fingerprint density at radius 2 is 0.214 bits per heavy atom. The molecule has 0 amide bonds. The van der Waals surface area contributed by atoms with Gasteiger partial charge < -0.3 is 63.5 Å². The normalized spacial score (nSPS) is 12.4. The molecule has 0 spiro atoms. The minimum Gasteiger partial charge on any atom is -0.873 e. The molecule has 0 atom stereocenters. The van der Waals surface area contributed by atoms with E-state index in [0.29, 0.717) is 36.5 Å². The molecule has 0 fully saturated rings. The number of allylic oxidation sites excluding steroid dienone is 6. The molecule has 12 aromatic rings. The number of carbonyl (C=O) groups excluding carboxylic acids is 6. The number of benzene rings is 12. The Morgan fingerprint density at radius 1 is 0.143 bits per heavy atom. The first-order chi connectivity index (χ1) is 51.1. The summed E-state index contributed by atoms with van der Waals surface area (Å²) in [5, 5.41) is 78.7. The van der Waals surface area contributed by atoms with Crippen molar-refractivity contribution >= 4 is 120 Å². The van der Waals surface area contributed by atoms with E-state index in [9.17, 15) is 59.4 Å². The molecule has 0 aliphatic heterocycles. The molecule has 0 saturated heterocycles. The van der Waals surface area contributed by atoms with Crippen molar-refractivity contribution in [2.24, 2.45) is 0 Å². The second-order valence-corrected chi connectivity index (χ2v) is 33.5. The van der Waals surface area contributed by atoms with Gasteiger partial charge in [-0.25, -0.2) is 0 Å². The summed E-state index contributed by atoms with van der Waals surface area (Å²) in [6, 6.07) is 131. The molecule has 112 heavy (non-hydrogen) atoms. The second-order valence-electron chi connectivity index (χ2n) is 23.3. The Labute approximate surface area is 660 Å². The van der Waals surface area contributed by atoms with Crippen LogP contribution in [0.4, 0.5) is 0 Å². The molecule has 18 nitrogen and oxygen atoms in total. The molecule has 0 aromatic heterocycles. The topological polar surface area (TPSA) is 430 Å². The molecule has 12 aromatic carbocycles. The monoisotopic (exact) mass is 1600 g/mol. The summed E-state index contributed by atoms with van der Waals surface area (Å²) in [7, 11) is -5.72. The number of rotatable bonds is 12. The molecule has 0 saturated carbocycles. The first kappa shape index (κ1) is 93.7. The van der Waals surface area contributed by atoms with Crippen LogP contribution in [0, 0.1) is 0 Å². The summed E-state index contributed by atoms with van der Waals surface area (Å²) in [5.41, 5.74) is 0. The Balaban J connectivity index is 0.000000359. The molecule has 3 aliphatic rings. The third-order valence-electron chi connectivity index (χ3n) is 16.8. The first-order valence-electron chi connectivity index (χ1n) is 33.0. The Bertz CT molecular complexity index is 4060. The van der Waals surface area contributed by atoms with E-state index in [0.717, 1.165) is 0 Å². The summed E-state index contributed by atoms with van der Waals surface area (Å²) in [6.07, 6.45) is 3.03. The van der Waals surface area contributed by atoms with Crippen LogP contribution in [0.15, 0.2) is 435 Å². The summed E-state index contributed by atoms with van der Waals surface area (Å²) in [5.74, 6) is -11.1. The molecule has 1 radical (unpaired) electrons. The van der Waals surface area contributed by atoms with Gasteiger partial charge in [-0.05, 0) is 182 Å². The van der Waals surface area contributed by atoms with Crippen molar-refractivity contribution in [3.05, 3.63) is 435 Å². The van der Waals surface area contributed by atoms with E-state index in [2.05, 4.69) is 364 Å². The number of carbonyl (C=O) groups is 6. The van der Waals surface area contributed by atoms with Gasteiger partial charge in [-0.2, -0.15) is 0 Å². The molecule has 0 heterocycles. The molecule has 3 aliphatic carbocycles. The van der Waals surface area contributed by atoms with E-state index < -0.39 is 91.0 Å². The van der Waals surface area contributed by atoms with Crippen molar-refractivity contribution in [1.29, 1.82) is 0 Å². The molecule has 22 heteroatoms. The molecule has 0 unspecified atom stereocenters. The number of ketones is 6. The Kier molecular flexibility index (Phi) is 38.0. The van der Waals surface area contributed by atoms with Crippen LogP contribution in [0.3, 0.4) is 0 Å². The largest absolute Gasteiger partial charge is 3.00 e. The van der Waals surface area contributed by atoms with Crippen molar-refractivity contribution in [3.8, 4) is 0 Å². The van der Waals surface area contributed by atoms with E-state index in [1.165, 1.54) is 63.7 Å². The number of hydrogen-bond acceptors (Lipinski definition) is 12. The van der Waals surface area contributed by atoms with Gasteiger partial charge in [-0.3, -0.25) is 28.8 Å². The van der Waals surface area contributed by atoms with Crippen LogP contribution in [0.25, 0.3) is 0 Å². The maximum Gasteiger partial charge on any atom is 3.00 e. The van der Waals surface area contributed by atoms with Crippen molar-refractivity contribution in [1.82, 2.24) is 0 Å².